The molecule has 3 atom stereocenters. The molecule has 0 bridgehead atoms. The number of carbonyl (C=O) groups excluding carboxylic acids is 1. The summed E-state index contributed by atoms with van der Waals surface area (Å²) in [7, 11) is 0. The molecular weight excluding hydrogens is 590 g/mol. The molecule has 2 saturated heterocycles. The Kier molecular flexibility index (Phi) is 9.90. The zero-order valence-corrected chi connectivity index (χ0v) is 25.8. The van der Waals surface area contributed by atoms with Gasteiger partial charge in [-0.25, -0.2) is 0 Å². The number of ether oxygens (including phenoxy) is 2. The molecule has 2 fully saturated rings. The first-order valence-electron chi connectivity index (χ1n) is 15.4. The van der Waals surface area contributed by atoms with Crippen LogP contribution in [0.4, 0.5) is 0 Å². The lowest BCUT2D eigenvalue weighted by atomic mass is 9.84. The number of aliphatic hydroxyl groups is 2. The third-order valence-electron chi connectivity index (χ3n) is 8.77. The van der Waals surface area contributed by atoms with Crippen LogP contribution in [-0.4, -0.2) is 51.7 Å². The van der Waals surface area contributed by atoms with Gasteiger partial charge < -0.3 is 29.9 Å². The average molecular weight is 628 g/mol. The summed E-state index contributed by atoms with van der Waals surface area (Å²) < 4.78 is 13.1. The highest BCUT2D eigenvalue weighted by Crippen LogP contribution is 2.39. The van der Waals surface area contributed by atoms with E-state index >= 15 is 0 Å². The van der Waals surface area contributed by atoms with Crippen LogP contribution in [0.3, 0.4) is 0 Å². The minimum atomic E-state index is -0.865. The molecule has 3 heterocycles. The van der Waals surface area contributed by atoms with Crippen molar-refractivity contribution in [1.82, 2.24) is 15.2 Å². The maximum absolute atomic E-state index is 12.4. The quantitative estimate of drug-likeness (QED) is 0.219. The van der Waals surface area contributed by atoms with Crippen LogP contribution in [0.5, 0.6) is 0 Å². The molecule has 1 aromatic heterocycles. The minimum Gasteiger partial charge on any atom is -0.392 e. The van der Waals surface area contributed by atoms with Crippen molar-refractivity contribution in [1.29, 1.82) is 0 Å². The number of amides is 1. The number of hydrogen-bond acceptors (Lipinski definition) is 7. The molecule has 2 aliphatic rings. The number of benzene rings is 3. The Morgan fingerprint density at radius 3 is 2.29 bits per heavy atom. The van der Waals surface area contributed by atoms with Crippen LogP contribution in [0.15, 0.2) is 97.3 Å². The second kappa shape index (κ2) is 14.2. The van der Waals surface area contributed by atoms with Crippen molar-refractivity contribution in [3.8, 4) is 0 Å². The number of nitrogens with one attached hydrogen (secondary N) is 1. The summed E-state index contributed by atoms with van der Waals surface area (Å²) in [4.78, 5) is 18.8. The zero-order valence-electron chi connectivity index (χ0n) is 25.0. The summed E-state index contributed by atoms with van der Waals surface area (Å²) in [6.07, 6.45) is 4.29. The monoisotopic (exact) mass is 627 g/mol. The van der Waals surface area contributed by atoms with Gasteiger partial charge in [0.2, 0.25) is 0 Å². The van der Waals surface area contributed by atoms with E-state index in [0.29, 0.717) is 36.4 Å². The number of carbonyl (C=O) groups is 1. The van der Waals surface area contributed by atoms with E-state index in [-0.39, 0.29) is 24.7 Å². The number of aromatic nitrogens is 1. The molecule has 2 aliphatic heterocycles. The van der Waals surface area contributed by atoms with Gasteiger partial charge in [0, 0.05) is 55.6 Å². The zero-order chi connectivity index (χ0) is 31.2. The average Bonchev–Trinajstić information content (AvgIpc) is 3.09. The van der Waals surface area contributed by atoms with Crippen LogP contribution in [0, 0.1) is 0 Å². The topological polar surface area (TPSA) is 104 Å². The molecule has 6 rings (SSSR count). The van der Waals surface area contributed by atoms with Gasteiger partial charge in [-0.1, -0.05) is 72.3 Å². The van der Waals surface area contributed by atoms with E-state index in [1.54, 1.807) is 24.5 Å². The summed E-state index contributed by atoms with van der Waals surface area (Å²) in [5.74, 6) is -0.173. The van der Waals surface area contributed by atoms with Crippen molar-refractivity contribution in [3.63, 3.8) is 0 Å². The lowest BCUT2D eigenvalue weighted by Crippen LogP contribution is -2.46. The van der Waals surface area contributed by atoms with E-state index < -0.39 is 11.9 Å². The lowest BCUT2D eigenvalue weighted by Gasteiger charge is -2.42. The molecular formula is C36H38ClN3O5. The summed E-state index contributed by atoms with van der Waals surface area (Å²) in [5, 5.41) is 24.5. The highest BCUT2D eigenvalue weighted by Gasteiger charge is 2.37. The van der Waals surface area contributed by atoms with Crippen molar-refractivity contribution in [3.05, 3.63) is 136 Å². The molecule has 0 saturated carbocycles. The number of likely N-dealkylation sites (tertiary alicyclic amines) is 1. The van der Waals surface area contributed by atoms with E-state index in [0.717, 1.165) is 47.5 Å². The maximum atomic E-state index is 12.4. The predicted molar refractivity (Wildman–Crippen MR) is 171 cm³/mol. The summed E-state index contributed by atoms with van der Waals surface area (Å²) in [6, 6.07) is 26.7. The molecule has 9 heteroatoms. The molecule has 8 nitrogen and oxygen atoms in total. The SMILES string of the molecule is O=C(NCc1ccc(C2OC(CN3CCC(O)(c4ccc(Cl)cc4)CC3)CC(c3ccc(CO)cc3)O2)cc1)c1cccnc1. The van der Waals surface area contributed by atoms with Crippen molar-refractivity contribution in [2.75, 3.05) is 19.6 Å². The molecule has 4 aromatic rings. The van der Waals surface area contributed by atoms with Gasteiger partial charge in [0.1, 0.15) is 0 Å². The van der Waals surface area contributed by atoms with Gasteiger partial charge in [-0.05, 0) is 59.4 Å². The predicted octanol–water partition coefficient (Wildman–Crippen LogP) is 5.69. The molecule has 3 aromatic carbocycles. The van der Waals surface area contributed by atoms with Gasteiger partial charge in [0.25, 0.3) is 5.91 Å². The number of rotatable bonds is 9. The van der Waals surface area contributed by atoms with Crippen molar-refractivity contribution < 1.29 is 24.5 Å². The van der Waals surface area contributed by atoms with Crippen molar-refractivity contribution in [2.45, 2.75) is 56.5 Å². The van der Waals surface area contributed by atoms with Crippen LogP contribution >= 0.6 is 11.6 Å². The highest BCUT2D eigenvalue weighted by atomic mass is 35.5. The van der Waals surface area contributed by atoms with Crippen LogP contribution < -0.4 is 5.32 Å². The van der Waals surface area contributed by atoms with Gasteiger partial charge in [-0.3, -0.25) is 9.78 Å². The number of halogens is 1. The van der Waals surface area contributed by atoms with Gasteiger partial charge >= 0.3 is 0 Å². The van der Waals surface area contributed by atoms with Gasteiger partial charge in [0.15, 0.2) is 6.29 Å². The molecule has 234 valence electrons. The second-order valence-electron chi connectivity index (χ2n) is 11.9. The Labute approximate surface area is 268 Å². The Hall–Kier alpha value is -3.63. The van der Waals surface area contributed by atoms with Crippen LogP contribution in [0.25, 0.3) is 0 Å². The lowest BCUT2D eigenvalue weighted by molar-refractivity contribution is -0.253. The van der Waals surface area contributed by atoms with Crippen LogP contribution in [-0.2, 0) is 28.2 Å². The number of nitrogens with zero attached hydrogens (tertiary/aromatic N) is 2. The number of hydrogen-bond donors (Lipinski definition) is 3. The van der Waals surface area contributed by atoms with E-state index in [9.17, 15) is 15.0 Å². The fraction of sp³-hybridized carbons (Fsp3) is 0.333. The number of pyridine rings is 1. The minimum absolute atomic E-state index is 0.00741. The van der Waals surface area contributed by atoms with Crippen molar-refractivity contribution in [2.24, 2.45) is 0 Å². The second-order valence-corrected chi connectivity index (χ2v) is 12.3. The summed E-state index contributed by atoms with van der Waals surface area (Å²) in [5.41, 5.74) is 4.31. The Balaban J connectivity index is 1.12. The molecule has 3 unspecified atom stereocenters. The van der Waals surface area contributed by atoms with Crippen molar-refractivity contribution >= 4 is 17.5 Å². The normalized spacial score (nSPS) is 21.7. The van der Waals surface area contributed by atoms with Crippen LogP contribution in [0.2, 0.25) is 5.02 Å². The van der Waals surface area contributed by atoms with E-state index in [4.69, 9.17) is 21.1 Å². The van der Waals surface area contributed by atoms with E-state index in [1.807, 2.05) is 72.8 Å². The van der Waals surface area contributed by atoms with Gasteiger partial charge in [-0.15, -0.1) is 0 Å². The fourth-order valence-corrected chi connectivity index (χ4v) is 6.18. The highest BCUT2D eigenvalue weighted by molar-refractivity contribution is 6.30. The summed E-state index contributed by atoms with van der Waals surface area (Å²) in [6.45, 7) is 2.60. The Bertz CT molecular complexity index is 1540. The first kappa shape index (κ1) is 31.4. The van der Waals surface area contributed by atoms with E-state index in [2.05, 4.69) is 15.2 Å². The molecule has 45 heavy (non-hydrogen) atoms. The number of aliphatic hydroxyl groups excluding tert-OH is 1. The smallest absolute Gasteiger partial charge is 0.253 e. The first-order chi connectivity index (χ1) is 21.9. The van der Waals surface area contributed by atoms with Crippen LogP contribution in [0.1, 0.15) is 69.8 Å². The third-order valence-corrected chi connectivity index (χ3v) is 9.02. The standard InChI is InChI=1S/C36H38ClN3O5/c37-31-13-11-30(12-14-31)36(43)15-18-40(19-16-36)23-32-20-33(27-7-5-26(24-41)6-8-27)45-35(44-32)28-9-3-25(4-10-28)21-39-34(42)29-2-1-17-38-22-29/h1-14,17,22,32-33,35,41,43H,15-16,18-21,23-24H2,(H,39,42). The third kappa shape index (κ3) is 7.79. The Morgan fingerprint density at radius 1 is 0.933 bits per heavy atom. The molecule has 0 radical (unpaired) electrons. The molecule has 0 spiro atoms. The molecule has 3 N–H and O–H groups in total. The largest absolute Gasteiger partial charge is 0.392 e. The van der Waals surface area contributed by atoms with E-state index in [1.165, 1.54) is 0 Å². The number of piperidine rings is 1. The summed E-state index contributed by atoms with van der Waals surface area (Å²) >= 11 is 6.07. The molecule has 0 aliphatic carbocycles. The maximum Gasteiger partial charge on any atom is 0.253 e. The first-order valence-corrected chi connectivity index (χ1v) is 15.7. The van der Waals surface area contributed by atoms with Gasteiger partial charge in [0.05, 0.1) is 30.0 Å². The fourth-order valence-electron chi connectivity index (χ4n) is 6.05. The Morgan fingerprint density at radius 2 is 1.62 bits per heavy atom. The molecule has 1 amide bonds. The van der Waals surface area contributed by atoms with Gasteiger partial charge in [-0.2, -0.15) is 0 Å².